The van der Waals surface area contributed by atoms with Crippen LogP contribution in [0.3, 0.4) is 0 Å². The molecule has 0 aliphatic rings. The molecule has 0 aliphatic heterocycles. The van der Waals surface area contributed by atoms with E-state index in [1.807, 2.05) is 32.9 Å². The Morgan fingerprint density at radius 1 is 0.852 bits per heavy atom. The zero-order valence-electron chi connectivity index (χ0n) is 16.1. The number of benzene rings is 2. The lowest BCUT2D eigenvalue weighted by atomic mass is 10.2. The molecule has 0 bridgehead atoms. The fourth-order valence-corrected chi connectivity index (χ4v) is 2.49. The summed E-state index contributed by atoms with van der Waals surface area (Å²) < 4.78 is 22.2. The number of carbonyl (C=O) groups is 1. The SMILES string of the molecule is CCOc1cc(NC(=O)Nc2ccccc2OC)cc(OCC)c1OCC. The van der Waals surface area contributed by atoms with Crippen LogP contribution in [0.1, 0.15) is 20.8 Å². The van der Waals surface area contributed by atoms with E-state index in [-0.39, 0.29) is 0 Å². The Balaban J connectivity index is 2.24. The summed E-state index contributed by atoms with van der Waals surface area (Å²) in [4.78, 5) is 12.4. The van der Waals surface area contributed by atoms with Gasteiger partial charge in [0, 0.05) is 12.1 Å². The van der Waals surface area contributed by atoms with Crippen LogP contribution in [0.5, 0.6) is 23.0 Å². The van der Waals surface area contributed by atoms with Gasteiger partial charge in [0.1, 0.15) is 5.75 Å². The van der Waals surface area contributed by atoms with Crippen LogP contribution in [0.25, 0.3) is 0 Å². The Morgan fingerprint density at radius 3 is 2.00 bits per heavy atom. The molecule has 0 radical (unpaired) electrons. The monoisotopic (exact) mass is 374 g/mol. The van der Waals surface area contributed by atoms with Crippen molar-refractivity contribution in [3.63, 3.8) is 0 Å². The third-order valence-corrected chi connectivity index (χ3v) is 3.52. The van der Waals surface area contributed by atoms with Crippen molar-refractivity contribution >= 4 is 17.4 Å². The number of carbonyl (C=O) groups excluding carboxylic acids is 1. The second-order valence-corrected chi connectivity index (χ2v) is 5.38. The molecule has 0 aromatic heterocycles. The van der Waals surface area contributed by atoms with Gasteiger partial charge in [-0.25, -0.2) is 4.79 Å². The summed E-state index contributed by atoms with van der Waals surface area (Å²) in [5.74, 6) is 2.12. The highest BCUT2D eigenvalue weighted by molar-refractivity contribution is 6.01. The van der Waals surface area contributed by atoms with Crippen molar-refractivity contribution in [1.82, 2.24) is 0 Å². The highest BCUT2D eigenvalue weighted by atomic mass is 16.5. The minimum absolute atomic E-state index is 0.409. The van der Waals surface area contributed by atoms with Crippen LogP contribution in [-0.4, -0.2) is 33.0 Å². The molecular formula is C20H26N2O5. The van der Waals surface area contributed by atoms with E-state index in [0.717, 1.165) is 0 Å². The maximum absolute atomic E-state index is 12.4. The summed E-state index contributed by atoms with van der Waals surface area (Å²) in [6.45, 7) is 7.04. The highest BCUT2D eigenvalue weighted by Crippen LogP contribution is 2.40. The largest absolute Gasteiger partial charge is 0.495 e. The standard InChI is InChI=1S/C20H26N2O5/c1-5-25-17-12-14(13-18(26-6-2)19(17)27-7-3)21-20(23)22-15-10-8-9-11-16(15)24-4/h8-13H,5-7H2,1-4H3,(H2,21,22,23). The molecule has 2 aromatic carbocycles. The third kappa shape index (κ3) is 5.44. The van der Waals surface area contributed by atoms with Crippen molar-refractivity contribution in [2.75, 3.05) is 37.6 Å². The zero-order chi connectivity index (χ0) is 19.6. The fraction of sp³-hybridized carbons (Fsp3) is 0.350. The molecule has 0 fully saturated rings. The van der Waals surface area contributed by atoms with Crippen molar-refractivity contribution in [2.24, 2.45) is 0 Å². The first-order valence-electron chi connectivity index (χ1n) is 8.90. The number of ether oxygens (including phenoxy) is 4. The molecule has 0 saturated heterocycles. The van der Waals surface area contributed by atoms with Crippen molar-refractivity contribution in [3.05, 3.63) is 36.4 Å². The van der Waals surface area contributed by atoms with Crippen molar-refractivity contribution in [2.45, 2.75) is 20.8 Å². The van der Waals surface area contributed by atoms with Gasteiger partial charge in [-0.15, -0.1) is 0 Å². The average Bonchev–Trinajstić information content (AvgIpc) is 2.65. The summed E-state index contributed by atoms with van der Waals surface area (Å²) in [5.41, 5.74) is 1.09. The minimum atomic E-state index is -0.409. The first-order chi connectivity index (χ1) is 13.1. The lowest BCUT2D eigenvalue weighted by Gasteiger charge is -2.18. The topological polar surface area (TPSA) is 78.1 Å². The predicted molar refractivity (Wildman–Crippen MR) is 106 cm³/mol. The Bertz CT molecular complexity index is 737. The molecule has 0 aliphatic carbocycles. The molecular weight excluding hydrogens is 348 g/mol. The van der Waals surface area contributed by atoms with E-state index in [2.05, 4.69) is 10.6 Å². The van der Waals surface area contributed by atoms with Gasteiger partial charge in [-0.2, -0.15) is 0 Å². The summed E-state index contributed by atoms with van der Waals surface area (Å²) in [7, 11) is 1.55. The average molecular weight is 374 g/mol. The normalized spacial score (nSPS) is 10.1. The van der Waals surface area contributed by atoms with Crippen LogP contribution in [0.15, 0.2) is 36.4 Å². The van der Waals surface area contributed by atoms with E-state index < -0.39 is 6.03 Å². The molecule has 7 heteroatoms. The van der Waals surface area contributed by atoms with Crippen LogP contribution in [0, 0.1) is 0 Å². The molecule has 0 atom stereocenters. The van der Waals surface area contributed by atoms with Gasteiger partial charge in [0.15, 0.2) is 11.5 Å². The minimum Gasteiger partial charge on any atom is -0.495 e. The number of para-hydroxylation sites is 2. The predicted octanol–water partition coefficient (Wildman–Crippen LogP) is 4.54. The maximum Gasteiger partial charge on any atom is 0.323 e. The smallest absolute Gasteiger partial charge is 0.323 e. The van der Waals surface area contributed by atoms with E-state index in [9.17, 15) is 4.79 Å². The molecule has 2 aromatic rings. The second-order valence-electron chi connectivity index (χ2n) is 5.38. The highest BCUT2D eigenvalue weighted by Gasteiger charge is 2.16. The van der Waals surface area contributed by atoms with Gasteiger partial charge < -0.3 is 29.6 Å². The lowest BCUT2D eigenvalue weighted by molar-refractivity contribution is 0.260. The molecule has 7 nitrogen and oxygen atoms in total. The number of anilines is 2. The van der Waals surface area contributed by atoms with Crippen LogP contribution in [0.2, 0.25) is 0 Å². The van der Waals surface area contributed by atoms with Gasteiger partial charge in [-0.1, -0.05) is 12.1 Å². The fourth-order valence-electron chi connectivity index (χ4n) is 2.49. The number of nitrogens with one attached hydrogen (secondary N) is 2. The Labute approximate surface area is 159 Å². The Hall–Kier alpha value is -3.09. The molecule has 2 amide bonds. The molecule has 0 spiro atoms. The number of methoxy groups -OCH3 is 1. The van der Waals surface area contributed by atoms with Crippen LogP contribution in [0.4, 0.5) is 16.2 Å². The van der Waals surface area contributed by atoms with Crippen molar-refractivity contribution < 1.29 is 23.7 Å². The summed E-state index contributed by atoms with van der Waals surface area (Å²) in [6, 6.07) is 10.2. The third-order valence-electron chi connectivity index (χ3n) is 3.52. The molecule has 27 heavy (non-hydrogen) atoms. The van der Waals surface area contributed by atoms with Crippen LogP contribution >= 0.6 is 0 Å². The molecule has 0 heterocycles. The molecule has 0 saturated carbocycles. The van der Waals surface area contributed by atoms with Gasteiger partial charge in [-0.05, 0) is 32.9 Å². The van der Waals surface area contributed by atoms with Gasteiger partial charge in [0.2, 0.25) is 5.75 Å². The van der Waals surface area contributed by atoms with Gasteiger partial charge in [0.05, 0.1) is 38.3 Å². The van der Waals surface area contributed by atoms with Gasteiger partial charge >= 0.3 is 6.03 Å². The number of rotatable bonds is 9. The van der Waals surface area contributed by atoms with Gasteiger partial charge in [-0.3, -0.25) is 0 Å². The molecule has 0 unspecified atom stereocenters. The number of amides is 2. The maximum atomic E-state index is 12.4. The summed E-state index contributed by atoms with van der Waals surface area (Å²) in [6.07, 6.45) is 0. The van der Waals surface area contributed by atoms with E-state index in [1.54, 1.807) is 31.4 Å². The molecule has 146 valence electrons. The first-order valence-corrected chi connectivity index (χ1v) is 8.90. The number of hydrogen-bond acceptors (Lipinski definition) is 5. The number of hydrogen-bond donors (Lipinski definition) is 2. The summed E-state index contributed by atoms with van der Waals surface area (Å²) >= 11 is 0. The molecule has 2 N–H and O–H groups in total. The number of urea groups is 1. The quantitative estimate of drug-likeness (QED) is 0.674. The Kier molecular flexibility index (Phi) is 7.61. The zero-order valence-corrected chi connectivity index (χ0v) is 16.1. The second kappa shape index (κ2) is 10.2. The van der Waals surface area contributed by atoms with Crippen molar-refractivity contribution in [1.29, 1.82) is 0 Å². The van der Waals surface area contributed by atoms with Gasteiger partial charge in [0.25, 0.3) is 0 Å². The Morgan fingerprint density at radius 2 is 1.44 bits per heavy atom. The van der Waals surface area contributed by atoms with E-state index in [4.69, 9.17) is 18.9 Å². The van der Waals surface area contributed by atoms with Crippen molar-refractivity contribution in [3.8, 4) is 23.0 Å². The first kappa shape index (κ1) is 20.2. The van der Waals surface area contributed by atoms with Crippen LogP contribution < -0.4 is 29.6 Å². The van der Waals surface area contributed by atoms with Crippen LogP contribution in [-0.2, 0) is 0 Å². The summed E-state index contributed by atoms with van der Waals surface area (Å²) in [5, 5.41) is 5.55. The van der Waals surface area contributed by atoms with E-state index in [0.29, 0.717) is 54.2 Å². The van der Waals surface area contributed by atoms with E-state index in [1.165, 1.54) is 0 Å². The lowest BCUT2D eigenvalue weighted by Crippen LogP contribution is -2.20. The van der Waals surface area contributed by atoms with E-state index >= 15 is 0 Å². The molecule has 2 rings (SSSR count).